The van der Waals surface area contributed by atoms with Gasteiger partial charge >= 0.3 is 6.18 Å². The third-order valence-electron chi connectivity index (χ3n) is 4.20. The highest BCUT2D eigenvalue weighted by Gasteiger charge is 2.68. The summed E-state index contributed by atoms with van der Waals surface area (Å²) in [6.07, 6.45) is -9.01. The molecular formula is C13H20F5NO2. The molecule has 0 aromatic heterocycles. The Bertz CT molecular complexity index is 340. The minimum Gasteiger partial charge on any atom is -0.376 e. The minimum absolute atomic E-state index is 0.0859. The lowest BCUT2D eigenvalue weighted by atomic mass is 9.92. The molecule has 2 aliphatic rings. The first-order valence-corrected chi connectivity index (χ1v) is 7.10. The number of ether oxygens (including phenoxy) is 2. The van der Waals surface area contributed by atoms with E-state index in [9.17, 15) is 22.0 Å². The highest BCUT2D eigenvalue weighted by molar-refractivity contribution is 5.02. The molecule has 2 saturated heterocycles. The Labute approximate surface area is 120 Å². The van der Waals surface area contributed by atoms with Crippen LogP contribution in [0.15, 0.2) is 0 Å². The quantitative estimate of drug-likeness (QED) is 0.590. The number of likely N-dealkylation sites (tertiary alicyclic amines) is 1. The molecule has 0 aromatic carbocycles. The number of hydrogen-bond donors (Lipinski definition) is 0. The largest absolute Gasteiger partial charge is 0.429 e. The van der Waals surface area contributed by atoms with E-state index in [-0.39, 0.29) is 26.3 Å². The molecule has 21 heavy (non-hydrogen) atoms. The zero-order valence-electron chi connectivity index (χ0n) is 11.8. The number of nitrogens with zero attached hydrogens (tertiary/aromatic N) is 1. The van der Waals surface area contributed by atoms with Crippen molar-refractivity contribution in [3.05, 3.63) is 0 Å². The van der Waals surface area contributed by atoms with Crippen LogP contribution >= 0.6 is 0 Å². The second kappa shape index (κ2) is 6.34. The van der Waals surface area contributed by atoms with Crippen LogP contribution in [-0.4, -0.2) is 62.1 Å². The third-order valence-corrected chi connectivity index (χ3v) is 4.20. The van der Waals surface area contributed by atoms with Crippen molar-refractivity contribution in [1.82, 2.24) is 4.90 Å². The molecule has 2 heterocycles. The van der Waals surface area contributed by atoms with Gasteiger partial charge in [-0.25, -0.2) is 8.78 Å². The van der Waals surface area contributed by atoms with Gasteiger partial charge in [-0.2, -0.15) is 13.2 Å². The van der Waals surface area contributed by atoms with E-state index >= 15 is 0 Å². The summed E-state index contributed by atoms with van der Waals surface area (Å²) in [5, 5.41) is 0. The van der Waals surface area contributed by atoms with Crippen LogP contribution in [0.4, 0.5) is 22.0 Å². The molecule has 8 heteroatoms. The highest BCUT2D eigenvalue weighted by atomic mass is 19.4. The van der Waals surface area contributed by atoms with Crippen molar-refractivity contribution in [2.45, 2.75) is 44.0 Å². The van der Waals surface area contributed by atoms with Crippen molar-refractivity contribution in [3.8, 4) is 0 Å². The molecule has 0 spiro atoms. The number of hydrogen-bond acceptors (Lipinski definition) is 3. The molecule has 2 aliphatic heterocycles. The summed E-state index contributed by atoms with van der Waals surface area (Å²) in [5.74, 6) is 0.308. The van der Waals surface area contributed by atoms with Crippen LogP contribution in [0.25, 0.3) is 0 Å². The van der Waals surface area contributed by atoms with E-state index in [0.29, 0.717) is 18.8 Å². The molecule has 3 unspecified atom stereocenters. The van der Waals surface area contributed by atoms with Crippen molar-refractivity contribution < 1.29 is 31.4 Å². The molecule has 0 amide bonds. The van der Waals surface area contributed by atoms with Crippen molar-refractivity contribution in [2.24, 2.45) is 5.92 Å². The first-order chi connectivity index (χ1) is 9.76. The van der Waals surface area contributed by atoms with Crippen LogP contribution in [0.2, 0.25) is 0 Å². The van der Waals surface area contributed by atoms with Gasteiger partial charge in [0.25, 0.3) is 5.67 Å². The van der Waals surface area contributed by atoms with Gasteiger partial charge < -0.3 is 9.47 Å². The monoisotopic (exact) mass is 317 g/mol. The van der Waals surface area contributed by atoms with Crippen molar-refractivity contribution >= 4 is 0 Å². The van der Waals surface area contributed by atoms with Gasteiger partial charge in [-0.05, 0) is 18.8 Å². The van der Waals surface area contributed by atoms with Crippen molar-refractivity contribution in [1.29, 1.82) is 0 Å². The van der Waals surface area contributed by atoms with Crippen LogP contribution in [0.1, 0.15) is 19.8 Å². The topological polar surface area (TPSA) is 21.7 Å². The van der Waals surface area contributed by atoms with E-state index in [1.165, 1.54) is 0 Å². The Morgan fingerprint density at radius 3 is 2.19 bits per heavy atom. The maximum atomic E-state index is 14.7. The molecule has 0 saturated carbocycles. The normalized spacial score (nSPS) is 30.9. The molecule has 3 nitrogen and oxygen atoms in total. The molecular weight excluding hydrogens is 297 g/mol. The summed E-state index contributed by atoms with van der Waals surface area (Å²) in [5.41, 5.74) is -4.08. The standard InChI is InChI=1S/C13H20F5NO2/c1-9-2-4-19(5-3-9)11(14)12(15,13(16,17)18)10-8-20-6-7-21-10/h9-11H,2-8H2,1H3. The fourth-order valence-corrected chi connectivity index (χ4v) is 2.72. The first kappa shape index (κ1) is 16.9. The fourth-order valence-electron chi connectivity index (χ4n) is 2.72. The molecule has 2 rings (SSSR count). The van der Waals surface area contributed by atoms with Gasteiger partial charge in [0.2, 0.25) is 0 Å². The van der Waals surface area contributed by atoms with E-state index in [0.717, 1.165) is 4.90 Å². The molecule has 2 fully saturated rings. The van der Waals surface area contributed by atoms with Crippen molar-refractivity contribution in [3.63, 3.8) is 0 Å². The molecule has 0 aromatic rings. The Balaban J connectivity index is 2.18. The van der Waals surface area contributed by atoms with Gasteiger partial charge in [0.15, 0.2) is 6.30 Å². The Hall–Kier alpha value is -0.470. The summed E-state index contributed by atoms with van der Waals surface area (Å²) in [4.78, 5) is 0.922. The Kier molecular flexibility index (Phi) is 5.10. The first-order valence-electron chi connectivity index (χ1n) is 7.10. The lowest BCUT2D eigenvalue weighted by molar-refractivity contribution is -0.317. The predicted octanol–water partition coefficient (Wildman–Crippen LogP) is 2.70. The second-order valence-corrected chi connectivity index (χ2v) is 5.75. The van der Waals surface area contributed by atoms with Crippen LogP contribution in [0.3, 0.4) is 0 Å². The zero-order valence-corrected chi connectivity index (χ0v) is 11.8. The predicted molar refractivity (Wildman–Crippen MR) is 65.3 cm³/mol. The van der Waals surface area contributed by atoms with E-state index in [4.69, 9.17) is 9.47 Å². The van der Waals surface area contributed by atoms with Crippen LogP contribution in [0.5, 0.6) is 0 Å². The molecule has 0 aliphatic carbocycles. The lowest BCUT2D eigenvalue weighted by Crippen LogP contribution is -2.65. The van der Waals surface area contributed by atoms with Gasteiger partial charge in [0.05, 0.1) is 19.8 Å². The third kappa shape index (κ3) is 3.32. The van der Waals surface area contributed by atoms with Crippen LogP contribution in [-0.2, 0) is 9.47 Å². The SMILES string of the molecule is CC1CCN(C(F)C(F)(C2COCCO2)C(F)(F)F)CC1. The lowest BCUT2D eigenvalue weighted by Gasteiger charge is -2.43. The number of halogens is 5. The van der Waals surface area contributed by atoms with Gasteiger partial charge in [-0.3, -0.25) is 4.90 Å². The van der Waals surface area contributed by atoms with Gasteiger partial charge in [-0.1, -0.05) is 6.92 Å². The zero-order chi connectivity index (χ0) is 15.7. The van der Waals surface area contributed by atoms with Crippen LogP contribution < -0.4 is 0 Å². The number of piperidine rings is 1. The summed E-state index contributed by atoms with van der Waals surface area (Å²) in [6, 6.07) is 0. The molecule has 124 valence electrons. The minimum atomic E-state index is -5.36. The fraction of sp³-hybridized carbons (Fsp3) is 1.00. The van der Waals surface area contributed by atoms with Gasteiger partial charge in [-0.15, -0.1) is 0 Å². The average molecular weight is 317 g/mol. The summed E-state index contributed by atoms with van der Waals surface area (Å²) in [6.45, 7) is 1.48. The van der Waals surface area contributed by atoms with Gasteiger partial charge in [0, 0.05) is 13.1 Å². The maximum absolute atomic E-state index is 14.7. The van der Waals surface area contributed by atoms with E-state index in [1.54, 1.807) is 0 Å². The smallest absolute Gasteiger partial charge is 0.376 e. The van der Waals surface area contributed by atoms with E-state index < -0.39 is 30.9 Å². The summed E-state index contributed by atoms with van der Waals surface area (Å²) < 4.78 is 78.4. The maximum Gasteiger partial charge on any atom is 0.429 e. The molecule has 0 N–H and O–H groups in total. The van der Waals surface area contributed by atoms with Crippen LogP contribution in [0, 0.1) is 5.92 Å². The van der Waals surface area contributed by atoms with E-state index in [1.807, 2.05) is 6.92 Å². The Morgan fingerprint density at radius 2 is 1.71 bits per heavy atom. The molecule has 0 radical (unpaired) electrons. The number of alkyl halides is 5. The van der Waals surface area contributed by atoms with Gasteiger partial charge in [0.1, 0.15) is 6.10 Å². The highest BCUT2D eigenvalue weighted by Crippen LogP contribution is 2.44. The summed E-state index contributed by atoms with van der Waals surface area (Å²) in [7, 11) is 0. The Morgan fingerprint density at radius 1 is 1.10 bits per heavy atom. The molecule has 3 atom stereocenters. The second-order valence-electron chi connectivity index (χ2n) is 5.75. The van der Waals surface area contributed by atoms with Crippen molar-refractivity contribution in [2.75, 3.05) is 32.9 Å². The average Bonchev–Trinajstić information content (AvgIpc) is 2.46. The summed E-state index contributed by atoms with van der Waals surface area (Å²) >= 11 is 0. The number of rotatable bonds is 3. The molecule has 0 bridgehead atoms. The van der Waals surface area contributed by atoms with E-state index in [2.05, 4.69) is 0 Å².